The fourth-order valence-corrected chi connectivity index (χ4v) is 2.83. The molecule has 0 unspecified atom stereocenters. The summed E-state index contributed by atoms with van der Waals surface area (Å²) in [6.07, 6.45) is -3.13. The molecule has 0 saturated carbocycles. The predicted molar refractivity (Wildman–Crippen MR) is 70.5 cm³/mol. The van der Waals surface area contributed by atoms with Crippen molar-refractivity contribution < 1.29 is 23.1 Å². The summed E-state index contributed by atoms with van der Waals surface area (Å²) in [6, 6.07) is 4.87. The van der Waals surface area contributed by atoms with Crippen molar-refractivity contribution in [3.8, 4) is 11.3 Å². The van der Waals surface area contributed by atoms with Crippen LogP contribution in [0.15, 0.2) is 35.8 Å². The fraction of sp³-hybridized carbons (Fsp3) is 0.0769. The van der Waals surface area contributed by atoms with Gasteiger partial charge in [0.05, 0.1) is 11.3 Å². The number of halogens is 3. The molecule has 0 amide bonds. The lowest BCUT2D eigenvalue weighted by Crippen LogP contribution is -2.04. The van der Waals surface area contributed by atoms with Crippen molar-refractivity contribution in [1.82, 2.24) is 9.38 Å². The van der Waals surface area contributed by atoms with Crippen LogP contribution in [0.3, 0.4) is 0 Å². The molecule has 1 N–H and O–H groups in total. The van der Waals surface area contributed by atoms with Gasteiger partial charge in [-0.25, -0.2) is 9.78 Å². The van der Waals surface area contributed by atoms with Crippen molar-refractivity contribution in [3.05, 3.63) is 47.1 Å². The summed E-state index contributed by atoms with van der Waals surface area (Å²) >= 11 is 1.17. The smallest absolute Gasteiger partial charge is 0.416 e. The first-order chi connectivity index (χ1) is 9.86. The lowest BCUT2D eigenvalue weighted by molar-refractivity contribution is -0.137. The highest BCUT2D eigenvalue weighted by Gasteiger charge is 2.30. The lowest BCUT2D eigenvalue weighted by atomic mass is 10.1. The molecule has 1 aromatic carbocycles. The molecule has 0 fully saturated rings. The standard InChI is InChI=1S/C13H7F3N2O2S/c14-13(15,16)8-3-1-2-7(4-8)10-6-21-12-17-9(11(19)20)5-18(10)12/h1-6H,(H,19,20). The van der Waals surface area contributed by atoms with Gasteiger partial charge in [-0.1, -0.05) is 12.1 Å². The molecule has 2 aromatic heterocycles. The summed E-state index contributed by atoms with van der Waals surface area (Å²) in [5, 5.41) is 10.5. The van der Waals surface area contributed by atoms with E-state index in [1.807, 2.05) is 0 Å². The van der Waals surface area contributed by atoms with Crippen LogP contribution in [0.1, 0.15) is 16.1 Å². The number of thiazole rings is 1. The Morgan fingerprint density at radius 3 is 2.76 bits per heavy atom. The van der Waals surface area contributed by atoms with Crippen LogP contribution in [-0.4, -0.2) is 20.5 Å². The molecule has 3 rings (SSSR count). The Kier molecular flexibility index (Phi) is 2.98. The molecule has 4 nitrogen and oxygen atoms in total. The van der Waals surface area contributed by atoms with E-state index in [-0.39, 0.29) is 5.69 Å². The van der Waals surface area contributed by atoms with Gasteiger partial charge in [0.2, 0.25) is 0 Å². The van der Waals surface area contributed by atoms with Crippen LogP contribution in [0.5, 0.6) is 0 Å². The first-order valence-electron chi connectivity index (χ1n) is 5.74. The maximum atomic E-state index is 12.7. The van der Waals surface area contributed by atoms with E-state index in [0.29, 0.717) is 16.2 Å². The number of imidazole rings is 1. The third kappa shape index (κ3) is 2.38. The van der Waals surface area contributed by atoms with Crippen LogP contribution in [0, 0.1) is 0 Å². The zero-order valence-corrected chi connectivity index (χ0v) is 11.1. The monoisotopic (exact) mass is 312 g/mol. The summed E-state index contributed by atoms with van der Waals surface area (Å²) in [7, 11) is 0. The van der Waals surface area contributed by atoms with Gasteiger partial charge >= 0.3 is 12.1 Å². The second-order valence-corrected chi connectivity index (χ2v) is 5.12. The molecule has 0 atom stereocenters. The molecule has 0 aliphatic heterocycles. The van der Waals surface area contributed by atoms with Gasteiger partial charge in [0.15, 0.2) is 10.7 Å². The van der Waals surface area contributed by atoms with E-state index in [9.17, 15) is 18.0 Å². The topological polar surface area (TPSA) is 54.6 Å². The van der Waals surface area contributed by atoms with Crippen molar-refractivity contribution in [2.24, 2.45) is 0 Å². The minimum absolute atomic E-state index is 0.143. The van der Waals surface area contributed by atoms with Crippen LogP contribution in [-0.2, 0) is 6.18 Å². The quantitative estimate of drug-likeness (QED) is 0.783. The zero-order chi connectivity index (χ0) is 15.2. The van der Waals surface area contributed by atoms with E-state index in [0.717, 1.165) is 12.1 Å². The van der Waals surface area contributed by atoms with Gasteiger partial charge in [0.25, 0.3) is 0 Å². The molecular weight excluding hydrogens is 305 g/mol. The van der Waals surface area contributed by atoms with E-state index in [2.05, 4.69) is 4.98 Å². The third-order valence-electron chi connectivity index (χ3n) is 2.91. The molecule has 0 aliphatic rings. The summed E-state index contributed by atoms with van der Waals surface area (Å²) in [5.74, 6) is -1.18. The molecule has 0 aliphatic carbocycles. The van der Waals surface area contributed by atoms with E-state index in [4.69, 9.17) is 5.11 Å². The zero-order valence-electron chi connectivity index (χ0n) is 10.3. The van der Waals surface area contributed by atoms with E-state index < -0.39 is 17.7 Å². The Bertz CT molecular complexity index is 835. The maximum Gasteiger partial charge on any atom is 0.416 e. The molecule has 0 spiro atoms. The summed E-state index contributed by atoms with van der Waals surface area (Å²) in [4.78, 5) is 15.2. The van der Waals surface area contributed by atoms with Gasteiger partial charge in [0, 0.05) is 11.6 Å². The van der Waals surface area contributed by atoms with Crippen LogP contribution >= 0.6 is 11.3 Å². The van der Waals surface area contributed by atoms with Crippen molar-refractivity contribution in [1.29, 1.82) is 0 Å². The third-order valence-corrected chi connectivity index (χ3v) is 3.75. The maximum absolute atomic E-state index is 12.7. The van der Waals surface area contributed by atoms with Crippen LogP contribution < -0.4 is 0 Å². The van der Waals surface area contributed by atoms with Gasteiger partial charge in [0.1, 0.15) is 0 Å². The molecule has 8 heteroatoms. The number of fused-ring (bicyclic) bond motifs is 1. The van der Waals surface area contributed by atoms with Crippen LogP contribution in [0.25, 0.3) is 16.2 Å². The highest BCUT2D eigenvalue weighted by Crippen LogP contribution is 2.33. The van der Waals surface area contributed by atoms with Crippen molar-refractivity contribution in [2.45, 2.75) is 6.18 Å². The minimum Gasteiger partial charge on any atom is -0.476 e. The van der Waals surface area contributed by atoms with Crippen molar-refractivity contribution >= 4 is 22.3 Å². The molecule has 2 heterocycles. The number of benzene rings is 1. The molecular formula is C13H7F3N2O2S. The second kappa shape index (κ2) is 4.59. The van der Waals surface area contributed by atoms with Crippen LogP contribution in [0.2, 0.25) is 0 Å². The van der Waals surface area contributed by atoms with Gasteiger partial charge in [-0.15, -0.1) is 11.3 Å². The lowest BCUT2D eigenvalue weighted by Gasteiger charge is -2.08. The predicted octanol–water partition coefficient (Wildman–Crippen LogP) is 3.78. The molecule has 0 radical (unpaired) electrons. The van der Waals surface area contributed by atoms with Gasteiger partial charge in [-0.05, 0) is 17.7 Å². The number of nitrogens with zero attached hydrogens (tertiary/aromatic N) is 2. The fourth-order valence-electron chi connectivity index (χ4n) is 1.95. The summed E-state index contributed by atoms with van der Waals surface area (Å²) < 4.78 is 39.7. The van der Waals surface area contributed by atoms with Gasteiger partial charge < -0.3 is 5.11 Å². The van der Waals surface area contributed by atoms with Crippen molar-refractivity contribution in [3.63, 3.8) is 0 Å². The normalized spacial score (nSPS) is 12.0. The average Bonchev–Trinajstić information content (AvgIpc) is 2.97. The molecule has 108 valence electrons. The van der Waals surface area contributed by atoms with E-state index in [1.165, 1.54) is 34.1 Å². The highest BCUT2D eigenvalue weighted by molar-refractivity contribution is 7.15. The average molecular weight is 312 g/mol. The number of rotatable bonds is 2. The SMILES string of the molecule is O=C(O)c1cn2c(-c3cccc(C(F)(F)F)c3)csc2n1. The summed E-state index contributed by atoms with van der Waals surface area (Å²) in [5.41, 5.74) is -0.0699. The Morgan fingerprint density at radius 2 is 2.10 bits per heavy atom. The molecule has 0 bridgehead atoms. The molecule has 3 aromatic rings. The molecule has 0 saturated heterocycles. The first-order valence-corrected chi connectivity index (χ1v) is 6.62. The van der Waals surface area contributed by atoms with Crippen LogP contribution in [0.4, 0.5) is 13.2 Å². The van der Waals surface area contributed by atoms with E-state index >= 15 is 0 Å². The van der Waals surface area contributed by atoms with Gasteiger partial charge in [-0.2, -0.15) is 13.2 Å². The largest absolute Gasteiger partial charge is 0.476 e. The molecule has 21 heavy (non-hydrogen) atoms. The Balaban J connectivity index is 2.14. The number of aromatic nitrogens is 2. The number of carbonyl (C=O) groups is 1. The second-order valence-electron chi connectivity index (χ2n) is 4.28. The number of carboxylic acid groups (broad SMARTS) is 1. The highest BCUT2D eigenvalue weighted by atomic mass is 32.1. The van der Waals surface area contributed by atoms with E-state index in [1.54, 1.807) is 5.38 Å². The van der Waals surface area contributed by atoms with Crippen molar-refractivity contribution in [2.75, 3.05) is 0 Å². The Hall–Kier alpha value is -2.35. The Labute approximate surface area is 120 Å². The Morgan fingerprint density at radius 1 is 1.33 bits per heavy atom. The first kappa shape index (κ1) is 13.6. The minimum atomic E-state index is -4.42. The number of carboxylic acids is 1. The number of hydrogen-bond acceptors (Lipinski definition) is 3. The van der Waals surface area contributed by atoms with Gasteiger partial charge in [-0.3, -0.25) is 4.40 Å². The number of aromatic carboxylic acids is 1. The number of hydrogen-bond donors (Lipinski definition) is 1. The number of alkyl halides is 3. The summed E-state index contributed by atoms with van der Waals surface area (Å²) in [6.45, 7) is 0.